The molecule has 0 aliphatic rings. The minimum Gasteiger partial charge on any atom is -0.472 e. The minimum absolute atomic E-state index is 0.00659. The molecule has 9 nitrogen and oxygen atoms in total. The molecule has 0 bridgehead atoms. The first-order valence-electron chi connectivity index (χ1n) is 9.96. The highest BCUT2D eigenvalue weighted by molar-refractivity contribution is 6.32. The van der Waals surface area contributed by atoms with Gasteiger partial charge in [-0.05, 0) is 25.5 Å². The lowest BCUT2D eigenvalue weighted by molar-refractivity contribution is 0.173. The number of aliphatic hydroxyl groups excluding tert-OH is 1. The Bertz CT molecular complexity index is 1400. The van der Waals surface area contributed by atoms with Crippen LogP contribution < -0.4 is 16.0 Å². The van der Waals surface area contributed by atoms with E-state index in [2.05, 4.69) is 15.0 Å². The number of pyridine rings is 1. The first-order chi connectivity index (χ1) is 15.2. The van der Waals surface area contributed by atoms with E-state index in [-0.39, 0.29) is 28.6 Å². The van der Waals surface area contributed by atoms with E-state index in [1.807, 2.05) is 31.2 Å². The number of benzene rings is 1. The smallest absolute Gasteiger partial charge is 0.330 e. The summed E-state index contributed by atoms with van der Waals surface area (Å²) in [5.41, 5.74) is 1.88. The second-order valence-electron chi connectivity index (χ2n) is 7.67. The Hall–Kier alpha value is -3.43. The van der Waals surface area contributed by atoms with Gasteiger partial charge in [-0.2, -0.15) is 0 Å². The molecule has 0 amide bonds. The number of hydrogen-bond acceptors (Lipinski definition) is 6. The average molecular weight is 456 g/mol. The van der Waals surface area contributed by atoms with Gasteiger partial charge in [-0.15, -0.1) is 0 Å². The number of aliphatic hydroxyl groups is 1. The molecule has 0 radical (unpaired) electrons. The van der Waals surface area contributed by atoms with Crippen LogP contribution in [0.5, 0.6) is 5.88 Å². The standard InChI is InChI=1S/C22H22ClN5O4/c1-12-4-6-14(7-5-12)11-32-21-16(23)8-15(9-24-21)18-25-19-17(27(18)3)20(30)26-22(31)28(19)10-13(2)29/h4-9,13,29H,10-11H2,1-3H3,(H,26,30,31). The summed E-state index contributed by atoms with van der Waals surface area (Å²) in [5, 5.41) is 10.0. The topological polar surface area (TPSA) is 115 Å². The fraction of sp³-hybridized carbons (Fsp3) is 0.273. The van der Waals surface area contributed by atoms with Crippen molar-refractivity contribution in [2.75, 3.05) is 0 Å². The van der Waals surface area contributed by atoms with Gasteiger partial charge in [0, 0.05) is 18.8 Å². The number of aromatic nitrogens is 5. The molecule has 3 heterocycles. The number of nitrogens with zero attached hydrogens (tertiary/aromatic N) is 4. The summed E-state index contributed by atoms with van der Waals surface area (Å²) >= 11 is 6.40. The molecule has 166 valence electrons. The number of imidazole rings is 1. The van der Waals surface area contributed by atoms with Crippen molar-refractivity contribution in [3.63, 3.8) is 0 Å². The molecule has 32 heavy (non-hydrogen) atoms. The van der Waals surface area contributed by atoms with Gasteiger partial charge in [0.2, 0.25) is 5.88 Å². The van der Waals surface area contributed by atoms with Gasteiger partial charge in [-0.1, -0.05) is 41.4 Å². The van der Waals surface area contributed by atoms with Crippen LogP contribution in [0.25, 0.3) is 22.6 Å². The molecule has 4 aromatic rings. The normalized spacial score (nSPS) is 12.3. The number of halogens is 1. The molecule has 0 spiro atoms. The van der Waals surface area contributed by atoms with Gasteiger partial charge in [-0.25, -0.2) is 14.8 Å². The summed E-state index contributed by atoms with van der Waals surface area (Å²) in [6.45, 7) is 3.87. The number of nitrogens with one attached hydrogen (secondary N) is 1. The molecule has 1 aromatic carbocycles. The van der Waals surface area contributed by atoms with Crippen molar-refractivity contribution >= 4 is 22.8 Å². The van der Waals surface area contributed by atoms with E-state index >= 15 is 0 Å². The zero-order chi connectivity index (χ0) is 23.0. The molecule has 3 aromatic heterocycles. The number of aromatic amines is 1. The monoisotopic (exact) mass is 455 g/mol. The van der Waals surface area contributed by atoms with Crippen LogP contribution in [0.3, 0.4) is 0 Å². The summed E-state index contributed by atoms with van der Waals surface area (Å²) < 4.78 is 8.54. The zero-order valence-corrected chi connectivity index (χ0v) is 18.6. The fourth-order valence-corrected chi connectivity index (χ4v) is 3.65. The molecular weight excluding hydrogens is 434 g/mol. The molecule has 0 saturated heterocycles. The summed E-state index contributed by atoms with van der Waals surface area (Å²) in [6, 6.07) is 9.59. The third-order valence-corrected chi connectivity index (χ3v) is 5.29. The quantitative estimate of drug-likeness (QED) is 0.461. The number of rotatable bonds is 6. The van der Waals surface area contributed by atoms with Gasteiger partial charge in [0.05, 0.1) is 12.6 Å². The van der Waals surface area contributed by atoms with E-state index < -0.39 is 17.4 Å². The van der Waals surface area contributed by atoms with Crippen molar-refractivity contribution in [2.45, 2.75) is 33.1 Å². The molecule has 1 atom stereocenters. The van der Waals surface area contributed by atoms with Gasteiger partial charge in [0.15, 0.2) is 11.2 Å². The van der Waals surface area contributed by atoms with Gasteiger partial charge in [-0.3, -0.25) is 14.3 Å². The Morgan fingerprint density at radius 3 is 2.62 bits per heavy atom. The summed E-state index contributed by atoms with van der Waals surface area (Å²) in [7, 11) is 1.66. The van der Waals surface area contributed by atoms with E-state index in [1.165, 1.54) is 4.57 Å². The maximum Gasteiger partial charge on any atom is 0.330 e. The van der Waals surface area contributed by atoms with E-state index in [1.54, 1.807) is 30.8 Å². The van der Waals surface area contributed by atoms with E-state index in [0.717, 1.165) is 11.1 Å². The van der Waals surface area contributed by atoms with Crippen LogP contribution in [0.15, 0.2) is 46.1 Å². The number of ether oxygens (including phenoxy) is 1. The molecule has 4 rings (SSSR count). The molecule has 2 N–H and O–H groups in total. The van der Waals surface area contributed by atoms with Crippen LogP contribution in [0, 0.1) is 6.92 Å². The van der Waals surface area contributed by atoms with Gasteiger partial charge >= 0.3 is 5.69 Å². The summed E-state index contributed by atoms with van der Waals surface area (Å²) in [6.07, 6.45) is 0.747. The van der Waals surface area contributed by atoms with E-state index in [0.29, 0.717) is 18.0 Å². The second kappa shape index (κ2) is 8.60. The highest BCUT2D eigenvalue weighted by Gasteiger charge is 2.19. The molecule has 10 heteroatoms. The first-order valence-corrected chi connectivity index (χ1v) is 10.3. The SMILES string of the molecule is Cc1ccc(COc2ncc(-c3nc4c(c(=O)[nH]c(=O)n4CC(C)O)n3C)cc2Cl)cc1. The van der Waals surface area contributed by atoms with Crippen molar-refractivity contribution in [1.29, 1.82) is 0 Å². The van der Waals surface area contributed by atoms with Crippen molar-refractivity contribution in [2.24, 2.45) is 7.05 Å². The van der Waals surface area contributed by atoms with Gasteiger partial charge < -0.3 is 14.4 Å². The van der Waals surface area contributed by atoms with Crippen LogP contribution in [0.4, 0.5) is 0 Å². The van der Waals surface area contributed by atoms with E-state index in [4.69, 9.17) is 16.3 Å². The lowest BCUT2D eigenvalue weighted by Gasteiger charge is -2.09. The number of hydrogen-bond donors (Lipinski definition) is 2. The van der Waals surface area contributed by atoms with E-state index in [9.17, 15) is 14.7 Å². The highest BCUT2D eigenvalue weighted by atomic mass is 35.5. The Balaban J connectivity index is 1.69. The lowest BCUT2D eigenvalue weighted by atomic mass is 10.2. The molecule has 1 unspecified atom stereocenters. The number of fused-ring (bicyclic) bond motifs is 1. The summed E-state index contributed by atoms with van der Waals surface area (Å²) in [4.78, 5) is 35.7. The van der Waals surface area contributed by atoms with Crippen molar-refractivity contribution in [1.82, 2.24) is 24.1 Å². The van der Waals surface area contributed by atoms with Crippen molar-refractivity contribution < 1.29 is 9.84 Å². The maximum atomic E-state index is 12.4. The second-order valence-corrected chi connectivity index (χ2v) is 8.08. The number of aryl methyl sites for hydroxylation is 2. The fourth-order valence-electron chi connectivity index (χ4n) is 3.43. The van der Waals surface area contributed by atoms with Crippen LogP contribution in [0.2, 0.25) is 5.02 Å². The highest BCUT2D eigenvalue weighted by Crippen LogP contribution is 2.29. The number of H-pyrrole nitrogens is 1. The van der Waals surface area contributed by atoms with Crippen LogP contribution in [-0.2, 0) is 20.2 Å². The average Bonchev–Trinajstić information content (AvgIpc) is 3.09. The zero-order valence-electron chi connectivity index (χ0n) is 17.8. The van der Waals surface area contributed by atoms with Crippen molar-refractivity contribution in [3.05, 3.63) is 73.5 Å². The molecule has 0 saturated carbocycles. The van der Waals surface area contributed by atoms with Gasteiger partial charge in [0.25, 0.3) is 5.56 Å². The largest absolute Gasteiger partial charge is 0.472 e. The third-order valence-electron chi connectivity index (χ3n) is 5.02. The van der Waals surface area contributed by atoms with Crippen LogP contribution in [-0.4, -0.2) is 35.3 Å². The molecule has 0 fully saturated rings. The Morgan fingerprint density at radius 1 is 1.25 bits per heavy atom. The summed E-state index contributed by atoms with van der Waals surface area (Å²) in [5.74, 6) is 0.675. The molecule has 0 aliphatic heterocycles. The molecule has 0 aliphatic carbocycles. The minimum atomic E-state index is -0.798. The predicted molar refractivity (Wildman–Crippen MR) is 121 cm³/mol. The lowest BCUT2D eigenvalue weighted by Crippen LogP contribution is -2.33. The van der Waals surface area contributed by atoms with Crippen molar-refractivity contribution in [3.8, 4) is 17.3 Å². The molecular formula is C22H22ClN5O4. The van der Waals surface area contributed by atoms with Crippen LogP contribution in [0.1, 0.15) is 18.1 Å². The Labute approximate surface area is 187 Å². The first kappa shape index (κ1) is 21.8. The third kappa shape index (κ3) is 4.17. The van der Waals surface area contributed by atoms with Crippen LogP contribution >= 0.6 is 11.6 Å². The Kier molecular flexibility index (Phi) is 5.86. The maximum absolute atomic E-state index is 12.4. The Morgan fingerprint density at radius 2 is 1.97 bits per heavy atom. The van der Waals surface area contributed by atoms with Gasteiger partial charge in [0.1, 0.15) is 17.5 Å². The predicted octanol–water partition coefficient (Wildman–Crippen LogP) is 2.41.